The smallest absolute Gasteiger partial charge is 0.0589 e. The summed E-state index contributed by atoms with van der Waals surface area (Å²) in [4.78, 5) is 2.52. The summed E-state index contributed by atoms with van der Waals surface area (Å²) in [7, 11) is 0. The van der Waals surface area contributed by atoms with Crippen molar-refractivity contribution in [2.45, 2.75) is 58.9 Å². The number of thiol groups is 1. The molecule has 1 aliphatic heterocycles. The Labute approximate surface area is 119 Å². The van der Waals surface area contributed by atoms with Crippen LogP contribution in [0.3, 0.4) is 0 Å². The fourth-order valence-corrected chi connectivity index (χ4v) is 3.98. The molecule has 1 rings (SSSR count). The Hall–Kier alpha value is 0.270. The van der Waals surface area contributed by atoms with Gasteiger partial charge >= 0.3 is 0 Å². The number of aliphatic hydroxyl groups excluding tert-OH is 1. The van der Waals surface area contributed by atoms with E-state index in [1.54, 1.807) is 0 Å². The number of nitrogens with zero attached hydrogens (tertiary/aromatic N) is 1. The van der Waals surface area contributed by atoms with Crippen LogP contribution in [-0.2, 0) is 0 Å². The summed E-state index contributed by atoms with van der Waals surface area (Å²) in [5.74, 6) is 1.61. The molecular weight excluding hydrogens is 242 g/mol. The first-order valence-corrected chi connectivity index (χ1v) is 8.21. The maximum absolute atomic E-state index is 9.58. The Bertz CT molecular complexity index is 229. The van der Waals surface area contributed by atoms with Gasteiger partial charge in [-0.05, 0) is 42.9 Å². The Morgan fingerprint density at radius 1 is 1.28 bits per heavy atom. The normalized spacial score (nSPS) is 25.8. The molecule has 1 heterocycles. The molecule has 0 aliphatic carbocycles. The average Bonchev–Trinajstić information content (AvgIpc) is 2.70. The van der Waals surface area contributed by atoms with Gasteiger partial charge in [-0.3, -0.25) is 4.90 Å². The van der Waals surface area contributed by atoms with Gasteiger partial charge in [0.15, 0.2) is 0 Å². The zero-order chi connectivity index (χ0) is 13.6. The lowest BCUT2D eigenvalue weighted by Crippen LogP contribution is -2.44. The fourth-order valence-electron chi connectivity index (χ4n) is 3.56. The van der Waals surface area contributed by atoms with Gasteiger partial charge in [-0.15, -0.1) is 0 Å². The fraction of sp³-hybridized carbons (Fsp3) is 1.00. The molecule has 0 aromatic carbocycles. The predicted octanol–water partition coefficient (Wildman–Crippen LogP) is 3.21. The first-order valence-electron chi connectivity index (χ1n) is 7.58. The SMILES string of the molecule is CCCC(CS)(CCC)CN1CCC(C)C1CO. The Balaban J connectivity index is 2.70. The van der Waals surface area contributed by atoms with Crippen LogP contribution in [0.1, 0.15) is 52.9 Å². The zero-order valence-corrected chi connectivity index (χ0v) is 13.3. The van der Waals surface area contributed by atoms with Crippen LogP contribution in [0, 0.1) is 11.3 Å². The summed E-state index contributed by atoms with van der Waals surface area (Å²) in [6, 6.07) is 0.373. The van der Waals surface area contributed by atoms with Crippen LogP contribution in [0.4, 0.5) is 0 Å². The number of aliphatic hydroxyl groups is 1. The minimum atomic E-state index is 0.308. The van der Waals surface area contributed by atoms with Crippen molar-refractivity contribution < 1.29 is 5.11 Å². The second-order valence-electron chi connectivity index (χ2n) is 6.14. The lowest BCUT2D eigenvalue weighted by Gasteiger charge is -2.38. The Morgan fingerprint density at radius 3 is 2.33 bits per heavy atom. The van der Waals surface area contributed by atoms with Crippen molar-refractivity contribution in [3.05, 3.63) is 0 Å². The summed E-state index contributed by atoms with van der Waals surface area (Å²) in [5.41, 5.74) is 0.351. The molecule has 0 spiro atoms. The van der Waals surface area contributed by atoms with Crippen LogP contribution in [-0.4, -0.2) is 41.5 Å². The molecule has 3 heteroatoms. The second kappa shape index (κ2) is 7.76. The molecule has 18 heavy (non-hydrogen) atoms. The highest BCUT2D eigenvalue weighted by Crippen LogP contribution is 2.35. The maximum Gasteiger partial charge on any atom is 0.0589 e. The maximum atomic E-state index is 9.58. The van der Waals surface area contributed by atoms with E-state index in [0.29, 0.717) is 24.0 Å². The highest BCUT2D eigenvalue weighted by molar-refractivity contribution is 7.80. The van der Waals surface area contributed by atoms with E-state index in [4.69, 9.17) is 0 Å². The summed E-state index contributed by atoms with van der Waals surface area (Å²) < 4.78 is 0. The number of hydrogen-bond acceptors (Lipinski definition) is 3. The van der Waals surface area contributed by atoms with Gasteiger partial charge in [-0.2, -0.15) is 12.6 Å². The molecule has 0 radical (unpaired) electrons. The quantitative estimate of drug-likeness (QED) is 0.663. The Kier molecular flexibility index (Phi) is 7.04. The van der Waals surface area contributed by atoms with Gasteiger partial charge in [0.25, 0.3) is 0 Å². The van der Waals surface area contributed by atoms with Crippen LogP contribution >= 0.6 is 12.6 Å². The molecule has 1 aliphatic rings. The second-order valence-corrected chi connectivity index (χ2v) is 6.46. The minimum absolute atomic E-state index is 0.308. The standard InChI is InChI=1S/C15H31NOS/c1-4-7-15(12-18,8-5-2)11-16-9-6-13(3)14(16)10-17/h13-14,17-18H,4-12H2,1-3H3. The first kappa shape index (κ1) is 16.3. The molecule has 2 unspecified atom stereocenters. The summed E-state index contributed by atoms with van der Waals surface area (Å²) in [5, 5.41) is 9.58. The Morgan fingerprint density at radius 2 is 1.89 bits per heavy atom. The van der Waals surface area contributed by atoms with Gasteiger partial charge in [-0.25, -0.2) is 0 Å². The lowest BCUT2D eigenvalue weighted by molar-refractivity contribution is 0.0891. The molecule has 0 saturated carbocycles. The molecule has 1 fully saturated rings. The van der Waals surface area contributed by atoms with Crippen molar-refractivity contribution in [1.29, 1.82) is 0 Å². The van der Waals surface area contributed by atoms with E-state index >= 15 is 0 Å². The molecule has 1 N–H and O–H groups in total. The van der Waals surface area contributed by atoms with Gasteiger partial charge in [0.05, 0.1) is 6.61 Å². The monoisotopic (exact) mass is 273 g/mol. The highest BCUT2D eigenvalue weighted by Gasteiger charge is 2.36. The largest absolute Gasteiger partial charge is 0.395 e. The van der Waals surface area contributed by atoms with E-state index in [2.05, 4.69) is 38.3 Å². The molecule has 0 bridgehead atoms. The van der Waals surface area contributed by atoms with E-state index in [9.17, 15) is 5.11 Å². The van der Waals surface area contributed by atoms with Crippen molar-refractivity contribution in [2.75, 3.05) is 25.4 Å². The van der Waals surface area contributed by atoms with E-state index < -0.39 is 0 Å². The predicted molar refractivity (Wildman–Crippen MR) is 82.3 cm³/mol. The van der Waals surface area contributed by atoms with Crippen molar-refractivity contribution in [3.63, 3.8) is 0 Å². The van der Waals surface area contributed by atoms with E-state index in [1.165, 1.54) is 32.1 Å². The number of hydrogen-bond donors (Lipinski definition) is 2. The van der Waals surface area contributed by atoms with Gasteiger partial charge < -0.3 is 5.11 Å². The van der Waals surface area contributed by atoms with Gasteiger partial charge in [-0.1, -0.05) is 33.6 Å². The van der Waals surface area contributed by atoms with Gasteiger partial charge in [0.2, 0.25) is 0 Å². The average molecular weight is 273 g/mol. The third-order valence-electron chi connectivity index (χ3n) is 4.62. The topological polar surface area (TPSA) is 23.5 Å². The minimum Gasteiger partial charge on any atom is -0.395 e. The first-order chi connectivity index (χ1) is 8.62. The van der Waals surface area contributed by atoms with Crippen LogP contribution in [0.2, 0.25) is 0 Å². The van der Waals surface area contributed by atoms with Crippen molar-refractivity contribution in [2.24, 2.45) is 11.3 Å². The molecule has 0 aromatic rings. The van der Waals surface area contributed by atoms with Crippen molar-refractivity contribution >= 4 is 12.6 Å². The van der Waals surface area contributed by atoms with E-state index in [1.807, 2.05) is 0 Å². The van der Waals surface area contributed by atoms with Crippen molar-refractivity contribution in [3.8, 4) is 0 Å². The molecule has 0 aromatic heterocycles. The molecule has 2 nitrogen and oxygen atoms in total. The summed E-state index contributed by atoms with van der Waals surface area (Å²) >= 11 is 4.63. The molecule has 0 amide bonds. The third-order valence-corrected chi connectivity index (χ3v) is 5.29. The number of likely N-dealkylation sites (tertiary alicyclic amines) is 1. The lowest BCUT2D eigenvalue weighted by atomic mass is 9.80. The zero-order valence-electron chi connectivity index (χ0n) is 12.4. The van der Waals surface area contributed by atoms with Crippen LogP contribution in [0.25, 0.3) is 0 Å². The van der Waals surface area contributed by atoms with Crippen molar-refractivity contribution in [1.82, 2.24) is 4.90 Å². The number of rotatable bonds is 8. The van der Waals surface area contributed by atoms with Gasteiger partial charge in [0, 0.05) is 12.6 Å². The molecule has 108 valence electrons. The summed E-state index contributed by atoms with van der Waals surface area (Å²) in [6.45, 7) is 9.38. The third kappa shape index (κ3) is 3.88. The van der Waals surface area contributed by atoms with E-state index in [0.717, 1.165) is 18.8 Å². The van der Waals surface area contributed by atoms with Crippen LogP contribution in [0.15, 0.2) is 0 Å². The molecule has 2 atom stereocenters. The van der Waals surface area contributed by atoms with Gasteiger partial charge in [0.1, 0.15) is 0 Å². The summed E-state index contributed by atoms with van der Waals surface area (Å²) in [6.07, 6.45) is 6.20. The van der Waals surface area contributed by atoms with Crippen LogP contribution in [0.5, 0.6) is 0 Å². The van der Waals surface area contributed by atoms with E-state index in [-0.39, 0.29) is 0 Å². The van der Waals surface area contributed by atoms with Crippen LogP contribution < -0.4 is 0 Å². The molecular formula is C15H31NOS. The molecule has 1 saturated heterocycles. The highest BCUT2D eigenvalue weighted by atomic mass is 32.1.